The van der Waals surface area contributed by atoms with Crippen molar-refractivity contribution in [1.29, 1.82) is 0 Å². The Bertz CT molecular complexity index is 151. The van der Waals surface area contributed by atoms with Crippen molar-refractivity contribution >= 4 is 7.12 Å². The van der Waals surface area contributed by atoms with E-state index in [0.717, 1.165) is 26.0 Å². The van der Waals surface area contributed by atoms with Crippen molar-refractivity contribution in [3.05, 3.63) is 0 Å². The SMILES string of the molecule is CC(C)C(C)(C)CB1OCCCO1. The third-order valence-corrected chi connectivity index (χ3v) is 3.15. The predicted octanol–water partition coefficient (Wildman–Crippen LogP) is 2.59. The molecule has 0 aromatic rings. The molecule has 0 radical (unpaired) electrons. The van der Waals surface area contributed by atoms with E-state index >= 15 is 0 Å². The molecule has 1 rings (SSSR count). The fourth-order valence-electron chi connectivity index (χ4n) is 1.32. The molecule has 1 fully saturated rings. The van der Waals surface area contributed by atoms with E-state index in [1.165, 1.54) is 0 Å². The van der Waals surface area contributed by atoms with E-state index in [4.69, 9.17) is 9.31 Å². The molecule has 76 valence electrons. The molecule has 0 bridgehead atoms. The van der Waals surface area contributed by atoms with E-state index in [-0.39, 0.29) is 7.12 Å². The second-order valence-corrected chi connectivity index (χ2v) is 4.87. The average molecular weight is 184 g/mol. The maximum absolute atomic E-state index is 5.54. The van der Waals surface area contributed by atoms with E-state index in [9.17, 15) is 0 Å². The molecule has 3 heteroatoms. The quantitative estimate of drug-likeness (QED) is 0.627. The summed E-state index contributed by atoms with van der Waals surface area (Å²) in [4.78, 5) is 0. The first-order chi connectivity index (χ1) is 6.02. The summed E-state index contributed by atoms with van der Waals surface area (Å²) in [5.41, 5.74) is 0.308. The van der Waals surface area contributed by atoms with E-state index in [0.29, 0.717) is 11.3 Å². The summed E-state index contributed by atoms with van der Waals surface area (Å²) in [5, 5.41) is 0. The van der Waals surface area contributed by atoms with E-state index in [1.807, 2.05) is 0 Å². The highest BCUT2D eigenvalue weighted by molar-refractivity contribution is 6.44. The van der Waals surface area contributed by atoms with Crippen molar-refractivity contribution in [1.82, 2.24) is 0 Å². The topological polar surface area (TPSA) is 18.5 Å². The Labute approximate surface area is 82.1 Å². The first-order valence-electron chi connectivity index (χ1n) is 5.25. The van der Waals surface area contributed by atoms with Gasteiger partial charge in [0.2, 0.25) is 0 Å². The molecule has 0 aromatic heterocycles. The average Bonchev–Trinajstić information content (AvgIpc) is 2.05. The minimum absolute atomic E-state index is 0.0335. The molecule has 1 aliphatic heterocycles. The maximum atomic E-state index is 5.54. The lowest BCUT2D eigenvalue weighted by molar-refractivity contribution is 0.120. The Morgan fingerprint density at radius 2 is 1.77 bits per heavy atom. The second-order valence-electron chi connectivity index (χ2n) is 4.87. The van der Waals surface area contributed by atoms with Gasteiger partial charge in [0.05, 0.1) is 0 Å². The van der Waals surface area contributed by atoms with Gasteiger partial charge in [-0.2, -0.15) is 0 Å². The molecule has 0 saturated carbocycles. The Kier molecular flexibility index (Phi) is 3.80. The maximum Gasteiger partial charge on any atom is 0.457 e. The fourth-order valence-corrected chi connectivity index (χ4v) is 1.32. The third-order valence-electron chi connectivity index (χ3n) is 3.15. The van der Waals surface area contributed by atoms with Gasteiger partial charge >= 0.3 is 7.12 Å². The van der Waals surface area contributed by atoms with Crippen LogP contribution in [-0.2, 0) is 9.31 Å². The molecular weight excluding hydrogens is 163 g/mol. The van der Waals surface area contributed by atoms with Gasteiger partial charge < -0.3 is 9.31 Å². The first-order valence-corrected chi connectivity index (χ1v) is 5.25. The monoisotopic (exact) mass is 184 g/mol. The zero-order chi connectivity index (χ0) is 9.90. The van der Waals surface area contributed by atoms with Gasteiger partial charge in [-0.25, -0.2) is 0 Å². The zero-order valence-corrected chi connectivity index (χ0v) is 9.30. The van der Waals surface area contributed by atoms with Gasteiger partial charge in [-0.15, -0.1) is 0 Å². The first kappa shape index (κ1) is 11.1. The molecule has 0 spiro atoms. The number of rotatable bonds is 3. The highest BCUT2D eigenvalue weighted by Gasteiger charge is 2.32. The van der Waals surface area contributed by atoms with Crippen LogP contribution in [0.2, 0.25) is 6.32 Å². The Hall–Kier alpha value is -0.0151. The predicted molar refractivity (Wildman–Crippen MR) is 55.7 cm³/mol. The van der Waals surface area contributed by atoms with Crippen molar-refractivity contribution < 1.29 is 9.31 Å². The van der Waals surface area contributed by atoms with E-state index < -0.39 is 0 Å². The summed E-state index contributed by atoms with van der Waals surface area (Å²) >= 11 is 0. The van der Waals surface area contributed by atoms with Gasteiger partial charge in [0, 0.05) is 13.2 Å². The summed E-state index contributed by atoms with van der Waals surface area (Å²) in [5.74, 6) is 0.668. The Balaban J connectivity index is 2.37. The normalized spacial score (nSPS) is 19.6. The van der Waals surface area contributed by atoms with Crippen molar-refractivity contribution in [2.24, 2.45) is 11.3 Å². The summed E-state index contributed by atoms with van der Waals surface area (Å²) in [6.45, 7) is 10.8. The fraction of sp³-hybridized carbons (Fsp3) is 1.00. The molecule has 0 N–H and O–H groups in total. The van der Waals surface area contributed by atoms with Crippen molar-refractivity contribution in [3.8, 4) is 0 Å². The number of hydrogen-bond donors (Lipinski definition) is 0. The molecular formula is C10H21BO2. The highest BCUT2D eigenvalue weighted by atomic mass is 16.6. The number of hydrogen-bond acceptors (Lipinski definition) is 2. The van der Waals surface area contributed by atoms with Crippen LogP contribution in [0.3, 0.4) is 0 Å². The van der Waals surface area contributed by atoms with Crippen LogP contribution in [0.5, 0.6) is 0 Å². The Morgan fingerprint density at radius 3 is 2.23 bits per heavy atom. The summed E-state index contributed by atoms with van der Waals surface area (Å²) in [6.07, 6.45) is 2.04. The minimum atomic E-state index is 0.0335. The van der Waals surface area contributed by atoms with Gasteiger partial charge in [0.1, 0.15) is 0 Å². The molecule has 0 aromatic carbocycles. The van der Waals surface area contributed by atoms with Crippen LogP contribution in [0, 0.1) is 11.3 Å². The molecule has 13 heavy (non-hydrogen) atoms. The van der Waals surface area contributed by atoms with Gasteiger partial charge in [-0.05, 0) is 24.1 Å². The zero-order valence-electron chi connectivity index (χ0n) is 9.30. The minimum Gasteiger partial charge on any atom is -0.411 e. The van der Waals surface area contributed by atoms with Crippen LogP contribution in [0.4, 0.5) is 0 Å². The molecule has 0 aliphatic carbocycles. The van der Waals surface area contributed by atoms with Gasteiger partial charge in [-0.1, -0.05) is 27.7 Å². The van der Waals surface area contributed by atoms with Crippen LogP contribution >= 0.6 is 0 Å². The second kappa shape index (κ2) is 4.47. The van der Waals surface area contributed by atoms with E-state index in [1.54, 1.807) is 0 Å². The lowest BCUT2D eigenvalue weighted by Gasteiger charge is -2.32. The highest BCUT2D eigenvalue weighted by Crippen LogP contribution is 2.32. The molecule has 0 amide bonds. The summed E-state index contributed by atoms with van der Waals surface area (Å²) in [6, 6.07) is 0. The Morgan fingerprint density at radius 1 is 1.23 bits per heavy atom. The van der Waals surface area contributed by atoms with Gasteiger partial charge in [-0.3, -0.25) is 0 Å². The van der Waals surface area contributed by atoms with Crippen molar-refractivity contribution in [3.63, 3.8) is 0 Å². The lowest BCUT2D eigenvalue weighted by Crippen LogP contribution is -2.35. The molecule has 2 nitrogen and oxygen atoms in total. The smallest absolute Gasteiger partial charge is 0.411 e. The van der Waals surface area contributed by atoms with Crippen LogP contribution in [0.25, 0.3) is 0 Å². The molecule has 0 atom stereocenters. The summed E-state index contributed by atoms with van der Waals surface area (Å²) in [7, 11) is 0.0335. The molecule has 1 heterocycles. The van der Waals surface area contributed by atoms with Gasteiger partial charge in [0.25, 0.3) is 0 Å². The van der Waals surface area contributed by atoms with Crippen LogP contribution < -0.4 is 0 Å². The molecule has 1 aliphatic rings. The van der Waals surface area contributed by atoms with Crippen LogP contribution in [-0.4, -0.2) is 20.3 Å². The third kappa shape index (κ3) is 3.32. The van der Waals surface area contributed by atoms with Crippen molar-refractivity contribution in [2.45, 2.75) is 40.4 Å². The van der Waals surface area contributed by atoms with Crippen LogP contribution in [0.15, 0.2) is 0 Å². The standard InChI is InChI=1S/C10H21BO2/c1-9(2)10(3,4)8-11-12-6-5-7-13-11/h9H,5-8H2,1-4H3. The van der Waals surface area contributed by atoms with Crippen LogP contribution in [0.1, 0.15) is 34.1 Å². The van der Waals surface area contributed by atoms with E-state index in [2.05, 4.69) is 27.7 Å². The summed E-state index contributed by atoms with van der Waals surface area (Å²) < 4.78 is 11.1. The molecule has 1 saturated heterocycles. The van der Waals surface area contributed by atoms with Crippen molar-refractivity contribution in [2.75, 3.05) is 13.2 Å². The van der Waals surface area contributed by atoms with Gasteiger partial charge in [0.15, 0.2) is 0 Å². The molecule has 0 unspecified atom stereocenters. The largest absolute Gasteiger partial charge is 0.457 e. The lowest BCUT2D eigenvalue weighted by atomic mass is 9.64.